The molecule has 10 heteroatoms. The number of benzene rings is 1. The van der Waals surface area contributed by atoms with E-state index in [0.717, 1.165) is 11.1 Å². The Labute approximate surface area is 163 Å². The first-order valence-electron chi connectivity index (χ1n) is 8.97. The molecule has 0 amide bonds. The number of nitrogens with zero attached hydrogens (tertiary/aromatic N) is 5. The second-order valence-electron chi connectivity index (χ2n) is 7.07. The van der Waals surface area contributed by atoms with Gasteiger partial charge in [-0.05, 0) is 38.5 Å². The zero-order chi connectivity index (χ0) is 20.1. The number of fused-ring (bicyclic) bond motifs is 1. The van der Waals surface area contributed by atoms with Crippen LogP contribution >= 0.6 is 0 Å². The molecule has 0 saturated carbocycles. The highest BCUT2D eigenvalue weighted by Crippen LogP contribution is 2.30. The van der Waals surface area contributed by atoms with Crippen molar-refractivity contribution in [3.8, 4) is 11.3 Å². The van der Waals surface area contributed by atoms with Crippen molar-refractivity contribution < 1.29 is 13.2 Å². The van der Waals surface area contributed by atoms with Crippen molar-refractivity contribution in [3.05, 3.63) is 36.3 Å². The van der Waals surface area contributed by atoms with Gasteiger partial charge in [-0.15, -0.1) is 0 Å². The molecule has 4 rings (SSSR count). The zero-order valence-corrected chi connectivity index (χ0v) is 16.7. The number of aromatic nitrogens is 4. The summed E-state index contributed by atoms with van der Waals surface area (Å²) in [5.41, 5.74) is 8.58. The molecule has 2 atom stereocenters. The Bertz CT molecular complexity index is 1130. The molecule has 1 aliphatic heterocycles. The van der Waals surface area contributed by atoms with Crippen molar-refractivity contribution in [1.29, 1.82) is 0 Å². The van der Waals surface area contributed by atoms with E-state index < -0.39 is 10.0 Å². The van der Waals surface area contributed by atoms with Crippen LogP contribution in [0.1, 0.15) is 19.4 Å². The van der Waals surface area contributed by atoms with Crippen LogP contribution in [0, 0.1) is 6.92 Å². The second kappa shape index (κ2) is 6.80. The highest BCUT2D eigenvalue weighted by molar-refractivity contribution is 7.89. The zero-order valence-electron chi connectivity index (χ0n) is 15.9. The normalized spacial score (nSPS) is 21.2. The molecule has 2 unspecified atom stereocenters. The van der Waals surface area contributed by atoms with Crippen LogP contribution in [0.3, 0.4) is 0 Å². The molecule has 0 aliphatic carbocycles. The number of anilines is 1. The van der Waals surface area contributed by atoms with Crippen LogP contribution in [0.2, 0.25) is 0 Å². The van der Waals surface area contributed by atoms with Crippen LogP contribution < -0.4 is 5.73 Å². The molecule has 9 nitrogen and oxygen atoms in total. The molecule has 1 fully saturated rings. The van der Waals surface area contributed by atoms with Crippen molar-refractivity contribution in [1.82, 2.24) is 23.9 Å². The molecular formula is C18H22N6O3S. The summed E-state index contributed by atoms with van der Waals surface area (Å²) in [6, 6.07) is 4.63. The summed E-state index contributed by atoms with van der Waals surface area (Å²) >= 11 is 0. The van der Waals surface area contributed by atoms with Gasteiger partial charge in [-0.2, -0.15) is 9.40 Å². The number of imidazole rings is 1. The number of aryl methyl sites for hydroxylation is 1. The van der Waals surface area contributed by atoms with E-state index in [9.17, 15) is 8.42 Å². The summed E-state index contributed by atoms with van der Waals surface area (Å²) in [5, 5.41) is 4.21. The Morgan fingerprint density at radius 2 is 1.89 bits per heavy atom. The molecular weight excluding hydrogens is 380 g/mol. The van der Waals surface area contributed by atoms with Crippen LogP contribution in [0.25, 0.3) is 16.9 Å². The molecule has 2 aromatic heterocycles. The maximum absolute atomic E-state index is 13.4. The number of nitrogen functional groups attached to an aromatic ring is 1. The van der Waals surface area contributed by atoms with E-state index in [4.69, 9.17) is 10.5 Å². The van der Waals surface area contributed by atoms with E-state index in [2.05, 4.69) is 15.1 Å². The van der Waals surface area contributed by atoms with E-state index in [1.807, 2.05) is 20.8 Å². The standard InChI is InChI=1S/C18H22N6O3S/c1-11-4-5-14(28(25,26)24-12(2)8-27-9-13(24)3)6-15(11)16-7-20-18-17(19)21-10-22-23(16)18/h4-7,10,12-13H,8-9H2,1-3H3,(H2,19,21,22). The maximum atomic E-state index is 13.4. The van der Waals surface area contributed by atoms with E-state index in [-0.39, 0.29) is 22.8 Å². The lowest BCUT2D eigenvalue weighted by Crippen LogP contribution is -2.52. The van der Waals surface area contributed by atoms with Crippen LogP contribution in [-0.2, 0) is 14.8 Å². The van der Waals surface area contributed by atoms with E-state index in [1.54, 1.807) is 28.9 Å². The second-order valence-corrected chi connectivity index (χ2v) is 8.91. The average molecular weight is 402 g/mol. The molecule has 1 saturated heterocycles. The third-order valence-electron chi connectivity index (χ3n) is 4.98. The lowest BCUT2D eigenvalue weighted by Gasteiger charge is -2.37. The minimum absolute atomic E-state index is 0.227. The van der Waals surface area contributed by atoms with E-state index >= 15 is 0 Å². The van der Waals surface area contributed by atoms with Crippen LogP contribution in [0.5, 0.6) is 0 Å². The highest BCUT2D eigenvalue weighted by atomic mass is 32.2. The van der Waals surface area contributed by atoms with Gasteiger partial charge in [0.25, 0.3) is 0 Å². The maximum Gasteiger partial charge on any atom is 0.243 e. The number of hydrogen-bond donors (Lipinski definition) is 1. The van der Waals surface area contributed by atoms with Crippen molar-refractivity contribution in [2.24, 2.45) is 0 Å². The molecule has 148 valence electrons. The first-order chi connectivity index (χ1) is 13.3. The Balaban J connectivity index is 1.84. The van der Waals surface area contributed by atoms with Gasteiger partial charge in [0.05, 0.1) is 30.0 Å². The molecule has 28 heavy (non-hydrogen) atoms. The smallest absolute Gasteiger partial charge is 0.243 e. The number of rotatable bonds is 3. The molecule has 3 aromatic rings. The molecule has 3 heterocycles. The van der Waals surface area contributed by atoms with Crippen molar-refractivity contribution in [2.75, 3.05) is 18.9 Å². The largest absolute Gasteiger partial charge is 0.381 e. The van der Waals surface area contributed by atoms with E-state index in [0.29, 0.717) is 24.6 Å². The lowest BCUT2D eigenvalue weighted by molar-refractivity contribution is 0.00636. The number of morpholine rings is 1. The van der Waals surface area contributed by atoms with Crippen molar-refractivity contribution in [3.63, 3.8) is 0 Å². The average Bonchev–Trinajstić information content (AvgIpc) is 3.07. The monoisotopic (exact) mass is 402 g/mol. The number of ether oxygens (including phenoxy) is 1. The van der Waals surface area contributed by atoms with Gasteiger partial charge in [-0.25, -0.2) is 22.9 Å². The quantitative estimate of drug-likeness (QED) is 0.705. The lowest BCUT2D eigenvalue weighted by atomic mass is 10.1. The van der Waals surface area contributed by atoms with Crippen LogP contribution in [-0.4, -0.2) is 57.6 Å². The number of hydrogen-bond acceptors (Lipinski definition) is 7. The van der Waals surface area contributed by atoms with Crippen molar-refractivity contribution >= 4 is 21.5 Å². The first kappa shape index (κ1) is 18.8. The van der Waals surface area contributed by atoms with Gasteiger partial charge in [0.15, 0.2) is 11.5 Å². The van der Waals surface area contributed by atoms with Crippen LogP contribution in [0.4, 0.5) is 5.82 Å². The Hall–Kier alpha value is -2.56. The Morgan fingerprint density at radius 3 is 2.61 bits per heavy atom. The van der Waals surface area contributed by atoms with Crippen molar-refractivity contribution in [2.45, 2.75) is 37.8 Å². The van der Waals surface area contributed by atoms with Gasteiger partial charge < -0.3 is 10.5 Å². The van der Waals surface area contributed by atoms with Gasteiger partial charge in [-0.3, -0.25) is 0 Å². The van der Waals surface area contributed by atoms with E-state index in [1.165, 1.54) is 10.6 Å². The minimum atomic E-state index is -3.69. The molecule has 0 bridgehead atoms. The fourth-order valence-electron chi connectivity index (χ4n) is 3.64. The third kappa shape index (κ3) is 2.93. The van der Waals surface area contributed by atoms with Crippen LogP contribution in [0.15, 0.2) is 35.6 Å². The molecule has 0 radical (unpaired) electrons. The highest BCUT2D eigenvalue weighted by Gasteiger charge is 2.36. The number of sulfonamides is 1. The fraction of sp³-hybridized carbons (Fsp3) is 0.389. The Morgan fingerprint density at radius 1 is 1.18 bits per heavy atom. The summed E-state index contributed by atoms with van der Waals surface area (Å²) in [4.78, 5) is 8.45. The predicted octanol–water partition coefficient (Wildman–Crippen LogP) is 1.48. The fourth-order valence-corrected chi connectivity index (χ4v) is 5.46. The number of nitrogens with two attached hydrogens (primary N) is 1. The SMILES string of the molecule is Cc1ccc(S(=O)(=O)N2C(C)COCC2C)cc1-c1cnc2c(N)ncnn12. The minimum Gasteiger partial charge on any atom is -0.381 e. The molecule has 1 aliphatic rings. The first-order valence-corrected chi connectivity index (χ1v) is 10.4. The summed E-state index contributed by atoms with van der Waals surface area (Å²) in [6.45, 7) is 6.38. The van der Waals surface area contributed by atoms with Gasteiger partial charge in [0, 0.05) is 17.6 Å². The topological polar surface area (TPSA) is 116 Å². The van der Waals surface area contributed by atoms with Gasteiger partial charge in [0.1, 0.15) is 6.33 Å². The third-order valence-corrected chi connectivity index (χ3v) is 7.10. The summed E-state index contributed by atoms with van der Waals surface area (Å²) in [7, 11) is -3.69. The van der Waals surface area contributed by atoms with Gasteiger partial charge in [0.2, 0.25) is 10.0 Å². The summed E-state index contributed by atoms with van der Waals surface area (Å²) < 4.78 is 35.3. The summed E-state index contributed by atoms with van der Waals surface area (Å²) in [6.07, 6.45) is 2.97. The molecule has 0 spiro atoms. The molecule has 2 N–H and O–H groups in total. The van der Waals surface area contributed by atoms with Gasteiger partial charge in [-0.1, -0.05) is 6.07 Å². The van der Waals surface area contributed by atoms with Gasteiger partial charge >= 0.3 is 0 Å². The summed E-state index contributed by atoms with van der Waals surface area (Å²) in [5.74, 6) is 0.263. The predicted molar refractivity (Wildman–Crippen MR) is 104 cm³/mol. The Kier molecular flexibility index (Phi) is 4.56. The molecule has 1 aromatic carbocycles.